The van der Waals surface area contributed by atoms with Gasteiger partial charge in [0, 0.05) is 25.6 Å². The van der Waals surface area contributed by atoms with Crippen molar-refractivity contribution in [2.24, 2.45) is 0 Å². The number of hydrogen-bond donors (Lipinski definition) is 1. The minimum Gasteiger partial charge on any atom is -0.482 e. The van der Waals surface area contributed by atoms with Gasteiger partial charge in [0.1, 0.15) is 5.75 Å². The molecule has 1 heterocycles. The number of hydrogen-bond acceptors (Lipinski definition) is 5. The van der Waals surface area contributed by atoms with Crippen molar-refractivity contribution in [2.45, 2.75) is 68.6 Å². The Kier molecular flexibility index (Phi) is 5.98. The van der Waals surface area contributed by atoms with Crippen molar-refractivity contribution < 1.29 is 22.7 Å². The summed E-state index contributed by atoms with van der Waals surface area (Å²) in [4.78, 5) is 26.0. The molecule has 0 unspecified atom stereocenters. The number of benzene rings is 1. The molecule has 0 aromatic heterocycles. The van der Waals surface area contributed by atoms with Gasteiger partial charge in [-0.15, -0.1) is 0 Å². The Balaban J connectivity index is 1.76. The molecule has 154 valence electrons. The fraction of sp³-hybridized carbons (Fsp3) is 0.600. The van der Waals surface area contributed by atoms with Crippen molar-refractivity contribution in [1.82, 2.24) is 4.90 Å². The van der Waals surface area contributed by atoms with Crippen LogP contribution in [0, 0.1) is 6.92 Å². The zero-order valence-electron chi connectivity index (χ0n) is 16.7. The van der Waals surface area contributed by atoms with Crippen LogP contribution in [0.25, 0.3) is 0 Å². The van der Waals surface area contributed by atoms with E-state index in [4.69, 9.17) is 4.74 Å². The van der Waals surface area contributed by atoms with Crippen LogP contribution in [-0.4, -0.2) is 50.1 Å². The second-order valence-electron chi connectivity index (χ2n) is 7.81. The van der Waals surface area contributed by atoms with E-state index < -0.39 is 15.1 Å². The van der Waals surface area contributed by atoms with Gasteiger partial charge in [-0.25, -0.2) is 8.42 Å². The molecule has 2 amide bonds. The molecule has 1 fully saturated rings. The van der Waals surface area contributed by atoms with Crippen molar-refractivity contribution in [2.75, 3.05) is 19.0 Å². The van der Waals surface area contributed by atoms with Gasteiger partial charge in [-0.2, -0.15) is 0 Å². The summed E-state index contributed by atoms with van der Waals surface area (Å²) in [6, 6.07) is 3.26. The molecule has 28 heavy (non-hydrogen) atoms. The maximum Gasteiger partial charge on any atom is 0.262 e. The number of nitrogens with zero attached hydrogens (tertiary/aromatic N) is 1. The number of carbonyl (C=O) groups excluding carboxylic acids is 2. The van der Waals surface area contributed by atoms with Gasteiger partial charge in [0.15, 0.2) is 16.4 Å². The Labute approximate surface area is 166 Å². The summed E-state index contributed by atoms with van der Waals surface area (Å²) in [7, 11) is -1.94. The first kappa shape index (κ1) is 20.6. The highest BCUT2D eigenvalue weighted by Crippen LogP contribution is 2.34. The summed E-state index contributed by atoms with van der Waals surface area (Å²) in [6.45, 7) is 3.11. The van der Waals surface area contributed by atoms with Gasteiger partial charge in [-0.1, -0.05) is 19.3 Å². The lowest BCUT2D eigenvalue weighted by Crippen LogP contribution is -2.40. The lowest BCUT2D eigenvalue weighted by molar-refractivity contribution is -0.132. The highest BCUT2D eigenvalue weighted by molar-refractivity contribution is 7.92. The molecule has 1 aromatic rings. The maximum atomic E-state index is 13.1. The maximum absolute atomic E-state index is 13.1. The quantitative estimate of drug-likeness (QED) is 0.809. The van der Waals surface area contributed by atoms with Gasteiger partial charge in [-0.05, 0) is 38.3 Å². The summed E-state index contributed by atoms with van der Waals surface area (Å²) < 4.78 is 31.6. The first-order valence-electron chi connectivity index (χ1n) is 9.77. The van der Waals surface area contributed by atoms with Gasteiger partial charge in [-0.3, -0.25) is 9.59 Å². The van der Waals surface area contributed by atoms with Crippen LogP contribution in [0.15, 0.2) is 17.0 Å². The Hall–Kier alpha value is -2.09. The Bertz CT molecular complexity index is 875. The van der Waals surface area contributed by atoms with Crippen molar-refractivity contribution in [1.29, 1.82) is 0 Å². The number of aryl methyl sites for hydroxylation is 1. The van der Waals surface area contributed by atoms with Crippen LogP contribution in [0.3, 0.4) is 0 Å². The zero-order chi connectivity index (χ0) is 20.5. The van der Waals surface area contributed by atoms with Gasteiger partial charge in [0.05, 0.1) is 15.8 Å². The summed E-state index contributed by atoms with van der Waals surface area (Å²) in [5.74, 6) is -0.0732. The van der Waals surface area contributed by atoms with Crippen LogP contribution in [0.1, 0.15) is 51.0 Å². The van der Waals surface area contributed by atoms with Crippen molar-refractivity contribution in [3.63, 3.8) is 0 Å². The molecule has 7 nitrogen and oxygen atoms in total. The van der Waals surface area contributed by atoms with E-state index in [1.165, 1.54) is 12.5 Å². The number of amides is 2. The molecule has 2 aliphatic rings. The van der Waals surface area contributed by atoms with Crippen LogP contribution in [0.2, 0.25) is 0 Å². The first-order chi connectivity index (χ1) is 13.2. The molecule has 8 heteroatoms. The molecule has 0 spiro atoms. The molecule has 1 aromatic carbocycles. The molecule has 0 saturated heterocycles. The summed E-state index contributed by atoms with van der Waals surface area (Å²) >= 11 is 0. The smallest absolute Gasteiger partial charge is 0.262 e. The van der Waals surface area contributed by atoms with Crippen LogP contribution in [-0.2, 0) is 19.4 Å². The van der Waals surface area contributed by atoms with Crippen LogP contribution in [0.4, 0.5) is 5.69 Å². The third kappa shape index (κ3) is 4.16. The predicted octanol–water partition coefficient (Wildman–Crippen LogP) is 2.67. The minimum absolute atomic E-state index is 0.0521. The second-order valence-corrected chi connectivity index (χ2v) is 10.1. The summed E-state index contributed by atoms with van der Waals surface area (Å²) in [5, 5.41) is 1.83. The fourth-order valence-corrected chi connectivity index (χ4v) is 5.49. The van der Waals surface area contributed by atoms with Crippen molar-refractivity contribution in [3.8, 4) is 5.75 Å². The Morgan fingerprint density at radius 3 is 2.64 bits per heavy atom. The highest BCUT2D eigenvalue weighted by Gasteiger charge is 2.31. The summed E-state index contributed by atoms with van der Waals surface area (Å²) in [5.41, 5.74) is 0.984. The normalized spacial score (nSPS) is 18.6. The van der Waals surface area contributed by atoms with Crippen molar-refractivity contribution >= 4 is 27.3 Å². The van der Waals surface area contributed by atoms with E-state index in [9.17, 15) is 18.0 Å². The lowest BCUT2D eigenvalue weighted by Gasteiger charge is -2.32. The minimum atomic E-state index is -3.72. The lowest BCUT2D eigenvalue weighted by atomic mass is 9.94. The Morgan fingerprint density at radius 2 is 1.96 bits per heavy atom. The Morgan fingerprint density at radius 1 is 1.29 bits per heavy atom. The van der Waals surface area contributed by atoms with E-state index >= 15 is 0 Å². The molecule has 1 atom stereocenters. The predicted molar refractivity (Wildman–Crippen MR) is 106 cm³/mol. The van der Waals surface area contributed by atoms with E-state index in [1.54, 1.807) is 31.9 Å². The zero-order valence-corrected chi connectivity index (χ0v) is 17.5. The van der Waals surface area contributed by atoms with Gasteiger partial charge in [0.2, 0.25) is 5.91 Å². The van der Waals surface area contributed by atoms with Crippen molar-refractivity contribution in [3.05, 3.63) is 17.7 Å². The third-order valence-corrected chi connectivity index (χ3v) is 8.00. The number of ether oxygens (including phenoxy) is 1. The number of sulfone groups is 1. The first-order valence-corrected chi connectivity index (χ1v) is 11.3. The highest BCUT2D eigenvalue weighted by atomic mass is 32.2. The summed E-state index contributed by atoms with van der Waals surface area (Å²) in [6.07, 6.45) is 5.33. The monoisotopic (exact) mass is 408 g/mol. The van der Waals surface area contributed by atoms with E-state index in [1.807, 2.05) is 0 Å². The van der Waals surface area contributed by atoms with E-state index in [2.05, 4.69) is 5.32 Å². The molecular formula is C20H28N2O5S. The molecular weight excluding hydrogens is 380 g/mol. The van der Waals surface area contributed by atoms with Gasteiger partial charge >= 0.3 is 0 Å². The molecule has 1 aliphatic heterocycles. The van der Waals surface area contributed by atoms with E-state index in [-0.39, 0.29) is 35.8 Å². The van der Waals surface area contributed by atoms with Gasteiger partial charge in [0.25, 0.3) is 5.91 Å². The van der Waals surface area contributed by atoms with Crippen LogP contribution in [0.5, 0.6) is 5.75 Å². The third-order valence-electron chi connectivity index (χ3n) is 5.72. The molecule has 0 radical (unpaired) electrons. The van der Waals surface area contributed by atoms with E-state index in [0.717, 1.165) is 25.7 Å². The van der Waals surface area contributed by atoms with Crippen LogP contribution >= 0.6 is 0 Å². The number of nitrogens with one attached hydrogen (secondary N) is 1. The molecule has 1 saturated carbocycles. The average molecular weight is 409 g/mol. The number of fused-ring (bicyclic) bond motifs is 1. The standard InChI is InChI=1S/C20H28N2O5S/c1-13-9-16-17(27-12-19(23)21-16)11-18(13)28(25,26)14(2)10-20(24)22(3)15-7-5-4-6-8-15/h9,11,14-15H,4-8,10,12H2,1-3H3,(H,21,23)/t14-/m0/s1. The number of carbonyl (C=O) groups is 2. The largest absolute Gasteiger partial charge is 0.482 e. The topological polar surface area (TPSA) is 92.8 Å². The number of anilines is 1. The van der Waals surface area contributed by atoms with E-state index in [0.29, 0.717) is 17.0 Å². The average Bonchev–Trinajstić information content (AvgIpc) is 2.67. The second kappa shape index (κ2) is 8.11. The molecule has 1 aliphatic carbocycles. The molecule has 0 bridgehead atoms. The fourth-order valence-electron chi connectivity index (χ4n) is 3.91. The number of rotatable bonds is 5. The van der Waals surface area contributed by atoms with Crippen LogP contribution < -0.4 is 10.1 Å². The molecule has 1 N–H and O–H groups in total. The van der Waals surface area contributed by atoms with Gasteiger partial charge < -0.3 is 15.0 Å². The SMILES string of the molecule is Cc1cc2c(cc1S(=O)(=O)[C@@H](C)CC(=O)N(C)C1CCCCC1)OCC(=O)N2. The molecule has 3 rings (SSSR count).